The number of halogens is 2. The first-order valence-corrected chi connectivity index (χ1v) is 7.32. The second-order valence-electron chi connectivity index (χ2n) is 4.90. The van der Waals surface area contributed by atoms with E-state index in [2.05, 4.69) is 0 Å². The Kier molecular flexibility index (Phi) is 3.98. The maximum Gasteiger partial charge on any atom is 0.129 e. The predicted molar refractivity (Wildman–Crippen MR) is 82.4 cm³/mol. The summed E-state index contributed by atoms with van der Waals surface area (Å²) in [7, 11) is 1.59. The molecule has 0 bridgehead atoms. The molecule has 0 spiro atoms. The average Bonchev–Trinajstić information content (AvgIpc) is 2.46. The van der Waals surface area contributed by atoms with E-state index in [1.807, 2.05) is 6.07 Å². The fourth-order valence-electron chi connectivity index (χ4n) is 2.55. The van der Waals surface area contributed by atoms with Gasteiger partial charge in [0.05, 0.1) is 13.2 Å². The quantitative estimate of drug-likeness (QED) is 0.880. The van der Waals surface area contributed by atoms with Crippen molar-refractivity contribution in [1.82, 2.24) is 0 Å². The first-order valence-electron chi connectivity index (χ1n) is 6.56. The van der Waals surface area contributed by atoms with Gasteiger partial charge in [0.2, 0.25) is 0 Å². The molecule has 3 rings (SSSR count). The molecule has 1 aliphatic rings. The Hall–Kier alpha value is -1.42. The molecule has 0 aromatic heterocycles. The van der Waals surface area contributed by atoms with E-state index in [0.717, 1.165) is 5.56 Å². The summed E-state index contributed by atoms with van der Waals surface area (Å²) in [4.78, 5) is 0. The molecular formula is C16H14Cl2O3. The Morgan fingerprint density at radius 3 is 2.57 bits per heavy atom. The molecule has 0 aliphatic carbocycles. The van der Waals surface area contributed by atoms with Crippen LogP contribution in [-0.2, 0) is 0 Å². The standard InChI is InChI=1S/C16H14Cl2O3/c1-20-9-5-6-10-13(19)8-15(21-14(10)7-9)16-11(17)3-2-4-12(16)18/h2-7,13,15,19H,8H2,1H3/t13-,15?/m0/s1. The summed E-state index contributed by atoms with van der Waals surface area (Å²) in [5, 5.41) is 11.4. The third-order valence-electron chi connectivity index (χ3n) is 3.61. The van der Waals surface area contributed by atoms with Crippen LogP contribution in [0.5, 0.6) is 11.5 Å². The second-order valence-corrected chi connectivity index (χ2v) is 5.71. The van der Waals surface area contributed by atoms with Crippen LogP contribution in [0.2, 0.25) is 10.0 Å². The Balaban J connectivity index is 2.01. The molecule has 0 saturated carbocycles. The number of aliphatic hydroxyl groups is 1. The van der Waals surface area contributed by atoms with Crippen molar-refractivity contribution < 1.29 is 14.6 Å². The molecule has 1 unspecified atom stereocenters. The van der Waals surface area contributed by atoms with Crippen LogP contribution >= 0.6 is 23.2 Å². The highest BCUT2D eigenvalue weighted by atomic mass is 35.5. The van der Waals surface area contributed by atoms with Gasteiger partial charge in [-0.1, -0.05) is 29.3 Å². The lowest BCUT2D eigenvalue weighted by Crippen LogP contribution is -2.19. The number of aliphatic hydroxyl groups excluding tert-OH is 1. The topological polar surface area (TPSA) is 38.7 Å². The highest BCUT2D eigenvalue weighted by Crippen LogP contribution is 2.45. The molecule has 0 saturated heterocycles. The van der Waals surface area contributed by atoms with Gasteiger partial charge in [0, 0.05) is 33.7 Å². The number of benzene rings is 2. The Labute approximate surface area is 133 Å². The minimum absolute atomic E-state index is 0.388. The van der Waals surface area contributed by atoms with Crippen LogP contribution in [0, 0.1) is 0 Å². The summed E-state index contributed by atoms with van der Waals surface area (Å²) in [5.41, 5.74) is 1.45. The van der Waals surface area contributed by atoms with E-state index in [1.165, 1.54) is 0 Å². The van der Waals surface area contributed by atoms with Crippen LogP contribution in [0.25, 0.3) is 0 Å². The van der Waals surface area contributed by atoms with Gasteiger partial charge in [0.15, 0.2) is 0 Å². The first kappa shape index (κ1) is 14.5. The van der Waals surface area contributed by atoms with Crippen molar-refractivity contribution >= 4 is 23.2 Å². The van der Waals surface area contributed by atoms with E-state index in [9.17, 15) is 5.11 Å². The van der Waals surface area contributed by atoms with Gasteiger partial charge >= 0.3 is 0 Å². The minimum Gasteiger partial charge on any atom is -0.497 e. The zero-order chi connectivity index (χ0) is 15.0. The zero-order valence-corrected chi connectivity index (χ0v) is 12.9. The maximum atomic E-state index is 10.3. The maximum absolute atomic E-state index is 10.3. The third kappa shape index (κ3) is 2.69. The number of hydrogen-bond acceptors (Lipinski definition) is 3. The lowest BCUT2D eigenvalue weighted by Gasteiger charge is -2.31. The molecule has 0 amide bonds. The molecule has 110 valence electrons. The third-order valence-corrected chi connectivity index (χ3v) is 4.27. The van der Waals surface area contributed by atoms with Gasteiger partial charge in [-0.05, 0) is 24.3 Å². The molecule has 21 heavy (non-hydrogen) atoms. The Morgan fingerprint density at radius 2 is 1.90 bits per heavy atom. The van der Waals surface area contributed by atoms with Crippen LogP contribution in [0.4, 0.5) is 0 Å². The molecule has 0 radical (unpaired) electrons. The molecular weight excluding hydrogens is 311 g/mol. The normalized spacial score (nSPS) is 20.6. The molecule has 1 aliphatic heterocycles. The Morgan fingerprint density at radius 1 is 1.19 bits per heavy atom. The summed E-state index contributed by atoms with van der Waals surface area (Å²) in [5.74, 6) is 1.26. The Bertz CT molecular complexity index is 652. The summed E-state index contributed by atoms with van der Waals surface area (Å²) in [6, 6.07) is 10.7. The van der Waals surface area contributed by atoms with Gasteiger partial charge in [0.1, 0.15) is 17.6 Å². The highest BCUT2D eigenvalue weighted by molar-refractivity contribution is 6.36. The molecule has 2 atom stereocenters. The molecule has 3 nitrogen and oxygen atoms in total. The monoisotopic (exact) mass is 324 g/mol. The van der Waals surface area contributed by atoms with Crippen LogP contribution in [0.3, 0.4) is 0 Å². The lowest BCUT2D eigenvalue weighted by atomic mass is 9.95. The minimum atomic E-state index is -0.628. The van der Waals surface area contributed by atoms with E-state index in [-0.39, 0.29) is 6.10 Å². The van der Waals surface area contributed by atoms with E-state index in [4.69, 9.17) is 32.7 Å². The van der Waals surface area contributed by atoms with Crippen molar-refractivity contribution in [1.29, 1.82) is 0 Å². The summed E-state index contributed by atoms with van der Waals surface area (Å²) in [6.07, 6.45) is -0.610. The van der Waals surface area contributed by atoms with Crippen LogP contribution in [-0.4, -0.2) is 12.2 Å². The van der Waals surface area contributed by atoms with Gasteiger partial charge in [-0.3, -0.25) is 0 Å². The SMILES string of the molecule is COc1ccc2c(c1)OC(c1c(Cl)cccc1Cl)C[C@@H]2O. The van der Waals surface area contributed by atoms with E-state index >= 15 is 0 Å². The lowest BCUT2D eigenvalue weighted by molar-refractivity contribution is 0.0656. The van der Waals surface area contributed by atoms with Crippen molar-refractivity contribution in [2.24, 2.45) is 0 Å². The number of ether oxygens (including phenoxy) is 2. The van der Waals surface area contributed by atoms with Gasteiger partial charge in [0.25, 0.3) is 0 Å². The summed E-state index contributed by atoms with van der Waals surface area (Å²) < 4.78 is 11.2. The van der Waals surface area contributed by atoms with Crippen LogP contribution in [0.15, 0.2) is 36.4 Å². The second kappa shape index (κ2) is 5.76. The first-order chi connectivity index (χ1) is 10.1. The number of methoxy groups -OCH3 is 1. The summed E-state index contributed by atoms with van der Waals surface area (Å²) in [6.45, 7) is 0. The van der Waals surface area contributed by atoms with Crippen molar-refractivity contribution in [2.45, 2.75) is 18.6 Å². The summed E-state index contributed by atoms with van der Waals surface area (Å²) >= 11 is 12.5. The van der Waals surface area contributed by atoms with Crippen molar-refractivity contribution in [3.63, 3.8) is 0 Å². The molecule has 2 aromatic rings. The molecule has 1 heterocycles. The zero-order valence-electron chi connectivity index (χ0n) is 11.3. The fourth-order valence-corrected chi connectivity index (χ4v) is 3.19. The molecule has 5 heteroatoms. The van der Waals surface area contributed by atoms with Crippen LogP contribution in [0.1, 0.15) is 29.8 Å². The number of rotatable bonds is 2. The van der Waals surface area contributed by atoms with Gasteiger partial charge < -0.3 is 14.6 Å². The fraction of sp³-hybridized carbons (Fsp3) is 0.250. The van der Waals surface area contributed by atoms with E-state index in [0.29, 0.717) is 33.5 Å². The smallest absolute Gasteiger partial charge is 0.129 e. The molecule has 0 fully saturated rings. The largest absolute Gasteiger partial charge is 0.497 e. The number of fused-ring (bicyclic) bond motifs is 1. The van der Waals surface area contributed by atoms with E-state index in [1.54, 1.807) is 37.4 Å². The molecule has 2 aromatic carbocycles. The van der Waals surface area contributed by atoms with E-state index < -0.39 is 6.10 Å². The average molecular weight is 325 g/mol. The van der Waals surface area contributed by atoms with Crippen molar-refractivity contribution in [2.75, 3.05) is 7.11 Å². The van der Waals surface area contributed by atoms with Crippen molar-refractivity contribution in [3.8, 4) is 11.5 Å². The number of hydrogen-bond donors (Lipinski definition) is 1. The van der Waals surface area contributed by atoms with Gasteiger partial charge in [-0.25, -0.2) is 0 Å². The van der Waals surface area contributed by atoms with Crippen LogP contribution < -0.4 is 9.47 Å². The molecule has 1 N–H and O–H groups in total. The van der Waals surface area contributed by atoms with Gasteiger partial charge in [-0.15, -0.1) is 0 Å². The predicted octanol–water partition coefficient (Wildman–Crippen LogP) is 4.56. The highest BCUT2D eigenvalue weighted by Gasteiger charge is 2.30. The van der Waals surface area contributed by atoms with Crippen molar-refractivity contribution in [3.05, 3.63) is 57.6 Å². The van der Waals surface area contributed by atoms with Gasteiger partial charge in [-0.2, -0.15) is 0 Å².